The van der Waals surface area contributed by atoms with E-state index in [9.17, 15) is 111 Å². The molecular weight excluding hydrogens is 1320 g/mol. The molecule has 34 heteroatoms. The van der Waals surface area contributed by atoms with Crippen LogP contribution < -0.4 is 0 Å². The monoisotopic (exact) mass is 1430 g/mol. The number of ether oxygens (including phenoxy) is 12. The largest absolute Gasteiger partial charge is 0.460 e. The van der Waals surface area contributed by atoms with Gasteiger partial charge in [0.05, 0.1) is 80.2 Å². The maximum atomic E-state index is 13.1. The molecule has 18 unspecified atom stereocenters. The standard InChI is InChI=1S/C65H100O34/c66-22-43-53(81)61(99-49(77)14-6-28-3-10-34(69)39(74)17-28)65(95-43)90-25-46-52(80)56(84)59(87)64(98-46)94-42-21-31-36(71)19-30(91-62-57(85)54(82)50(78)44(96-62)23-88-47(75)12-4-26-1-8-32(67)37(72)15-26)20-40(31)92-60(42)29-7-11-35(70)41(18-29)93-63-58(86)55(83)51(79)45(97-63)24-89-48(76)13-5-27-2-9-33(68)38(73)16-27/h4-6,12-14,26-46,50-74,78-87H,1-3,7-11,15-25H2/p+1/t26?,27?,28?,29?,30?,31?,32?,33?,34?,35?,36?,37?,38?,39?,40?,41?,42?,43-,44+,45+,46+,50+,51+,52+,53-,54-,55-,56-,57+,58+,59+,60?,61+,62+,63+,64+,65+/m0/s1. The molecule has 10 fully saturated rings. The highest BCUT2D eigenvalue weighted by Crippen LogP contribution is 2.45. The van der Waals surface area contributed by atoms with Crippen molar-refractivity contribution in [2.45, 2.75) is 292 Å². The van der Waals surface area contributed by atoms with E-state index in [0.717, 1.165) is 18.2 Å². The SMILES string of the molecule is O=C(C=CC1CCC(O)C(O)C1)OC[C@H]1O[C@@H](OC2CC(O)C3CC(O[C@@H]4O[C@H](CO[C@@H]5O[C@@H](CO)[C@H](O)[C@H]5OC(=O)C=CC5CCC(O)C(O)C5)[C@@H](O)[C@H](O)[C@H]4O)C(C4CCC(O)C(O[C@@H]5O[C@H](COC(=O)C=CC6CCC(O)C(O)C6)[C@@H](O)[C@H](O)[C@H]5O)C4)[OH+]C3C2)[C@H](O)[C@@H](O)[C@@H]1O. The summed E-state index contributed by atoms with van der Waals surface area (Å²) in [4.78, 5) is 38.7. The quantitative estimate of drug-likeness (QED) is 0.0207. The fourth-order valence-electron chi connectivity index (χ4n) is 15.3. The van der Waals surface area contributed by atoms with Gasteiger partial charge in [-0.1, -0.05) is 18.2 Å². The van der Waals surface area contributed by atoms with Crippen molar-refractivity contribution in [1.29, 1.82) is 0 Å². The molecule has 10 rings (SSSR count). The van der Waals surface area contributed by atoms with E-state index in [2.05, 4.69) is 0 Å². The molecule has 0 spiro atoms. The number of allylic oxidation sites excluding steroid dienone is 3. The van der Waals surface area contributed by atoms with Crippen LogP contribution in [0.1, 0.15) is 96.3 Å². The molecule has 5 heterocycles. The van der Waals surface area contributed by atoms with Gasteiger partial charge >= 0.3 is 17.9 Å². The van der Waals surface area contributed by atoms with Crippen LogP contribution in [0.4, 0.5) is 0 Å². The van der Waals surface area contributed by atoms with E-state index in [4.69, 9.17) is 56.8 Å². The van der Waals surface area contributed by atoms with Crippen molar-refractivity contribution in [3.05, 3.63) is 36.5 Å². The topological polar surface area (TPSA) is 550 Å². The lowest BCUT2D eigenvalue weighted by Crippen LogP contribution is -2.64. The molecule has 99 heavy (non-hydrogen) atoms. The molecule has 34 nitrogen and oxygen atoms in total. The van der Waals surface area contributed by atoms with Gasteiger partial charge in [0, 0.05) is 37.0 Å². The number of aliphatic hydroxyl groups is 21. The summed E-state index contributed by atoms with van der Waals surface area (Å²) in [5.41, 5.74) is 0. The van der Waals surface area contributed by atoms with Gasteiger partial charge < -0.3 is 154 Å². The third-order valence-corrected chi connectivity index (χ3v) is 21.4. The van der Waals surface area contributed by atoms with Crippen molar-refractivity contribution >= 4 is 17.9 Å². The van der Waals surface area contributed by atoms with E-state index in [0.29, 0.717) is 38.5 Å². The molecule has 20 N–H and O–H groups in total. The number of hydrogen-bond acceptors (Lipinski definition) is 33. The van der Waals surface area contributed by atoms with Crippen LogP contribution >= 0.6 is 0 Å². The maximum absolute atomic E-state index is 13.1. The average Bonchev–Trinajstić information content (AvgIpc) is 1.18. The molecule has 0 amide bonds. The lowest BCUT2D eigenvalue weighted by Gasteiger charge is -2.50. The first-order valence-electron chi connectivity index (χ1n) is 34.5. The first kappa shape index (κ1) is 78.1. The van der Waals surface area contributed by atoms with E-state index < -0.39 is 252 Å². The summed E-state index contributed by atoms with van der Waals surface area (Å²) >= 11 is 0. The summed E-state index contributed by atoms with van der Waals surface area (Å²) in [6.45, 7) is -2.67. The van der Waals surface area contributed by atoms with Gasteiger partial charge in [0.25, 0.3) is 0 Å². The number of carbonyl (C=O) groups excluding carboxylic acids is 3. The first-order chi connectivity index (χ1) is 47.1. The summed E-state index contributed by atoms with van der Waals surface area (Å²) in [7, 11) is 0. The summed E-state index contributed by atoms with van der Waals surface area (Å²) in [6, 6.07) is 0. The van der Waals surface area contributed by atoms with Crippen LogP contribution in [0.5, 0.6) is 0 Å². The van der Waals surface area contributed by atoms with Gasteiger partial charge in [0.2, 0.25) is 0 Å². The Morgan fingerprint density at radius 1 is 0.384 bits per heavy atom. The van der Waals surface area contributed by atoms with Gasteiger partial charge in [-0.2, -0.15) is 0 Å². The number of fused-ring (bicyclic) bond motifs is 1. The van der Waals surface area contributed by atoms with Crippen LogP contribution in [0.2, 0.25) is 0 Å². The fourth-order valence-corrected chi connectivity index (χ4v) is 15.3. The van der Waals surface area contributed by atoms with Crippen LogP contribution in [-0.4, -0.2) is 342 Å². The number of carbonyl (C=O) groups is 3. The zero-order chi connectivity index (χ0) is 71.3. The molecule has 0 aromatic carbocycles. The number of hydrogen-bond donors (Lipinski definition) is 19. The predicted molar refractivity (Wildman–Crippen MR) is 326 cm³/mol. The normalized spacial score (nSPS) is 48.6. The van der Waals surface area contributed by atoms with E-state index in [1.807, 2.05) is 0 Å². The number of rotatable bonds is 22. The molecule has 5 saturated carbocycles. The summed E-state index contributed by atoms with van der Waals surface area (Å²) in [5.74, 6) is -4.84. The molecule has 5 aliphatic carbocycles. The molecule has 564 valence electrons. The van der Waals surface area contributed by atoms with Crippen molar-refractivity contribution in [3.8, 4) is 0 Å². The van der Waals surface area contributed by atoms with Gasteiger partial charge in [-0.05, 0) is 101 Å². The Labute approximate surface area is 569 Å². The second-order valence-corrected chi connectivity index (χ2v) is 28.3. The van der Waals surface area contributed by atoms with Crippen molar-refractivity contribution in [1.82, 2.24) is 0 Å². The van der Waals surface area contributed by atoms with Gasteiger partial charge in [-0.3, -0.25) is 0 Å². The van der Waals surface area contributed by atoms with Crippen LogP contribution in [0.15, 0.2) is 36.5 Å². The second-order valence-electron chi connectivity index (χ2n) is 28.3. The Morgan fingerprint density at radius 3 is 1.29 bits per heavy atom. The average molecular weight is 1430 g/mol. The van der Waals surface area contributed by atoms with Crippen molar-refractivity contribution in [2.24, 2.45) is 29.6 Å². The summed E-state index contributed by atoms with van der Waals surface area (Å²) < 4.78 is 70.1. The Morgan fingerprint density at radius 2 is 0.818 bits per heavy atom. The fraction of sp³-hybridized carbons (Fsp3) is 0.862. The Bertz CT molecular complexity index is 2680. The third-order valence-electron chi connectivity index (χ3n) is 21.4. The van der Waals surface area contributed by atoms with Crippen molar-refractivity contribution < 1.29 is 168 Å². The second kappa shape index (κ2) is 35.1. The molecule has 0 bridgehead atoms. The highest BCUT2D eigenvalue weighted by atomic mass is 16.8. The molecule has 5 aliphatic heterocycles. The molecular formula is C65H101O34+. The molecule has 5 saturated heterocycles. The van der Waals surface area contributed by atoms with E-state index >= 15 is 0 Å². The molecule has 0 aromatic rings. The van der Waals surface area contributed by atoms with E-state index in [1.54, 1.807) is 0 Å². The van der Waals surface area contributed by atoms with Gasteiger partial charge in [-0.25, -0.2) is 14.4 Å². The van der Waals surface area contributed by atoms with Crippen LogP contribution in [-0.2, 0) is 66.5 Å². The Hall–Kier alpha value is -3.49. The predicted octanol–water partition coefficient (Wildman–Crippen LogP) is -7.51. The van der Waals surface area contributed by atoms with Crippen molar-refractivity contribution in [3.63, 3.8) is 0 Å². The first-order valence-corrected chi connectivity index (χ1v) is 34.5. The highest BCUT2D eigenvalue weighted by Gasteiger charge is 2.58. The lowest BCUT2D eigenvalue weighted by molar-refractivity contribution is -0.366. The minimum atomic E-state index is -1.99. The van der Waals surface area contributed by atoms with E-state index in [1.165, 1.54) is 18.2 Å². The van der Waals surface area contributed by atoms with Crippen LogP contribution in [0.25, 0.3) is 0 Å². The minimum absolute atomic E-state index is 0.00654. The van der Waals surface area contributed by atoms with Gasteiger partial charge in [0.15, 0.2) is 43.5 Å². The maximum Gasteiger partial charge on any atom is 0.330 e. The zero-order valence-electron chi connectivity index (χ0n) is 54.4. The summed E-state index contributed by atoms with van der Waals surface area (Å²) in [6.07, 6.45) is -35.3. The Balaban J connectivity index is 0.827. The molecule has 10 aliphatic rings. The van der Waals surface area contributed by atoms with Gasteiger partial charge in [0.1, 0.15) is 105 Å². The molecule has 0 aromatic heterocycles. The smallest absolute Gasteiger partial charge is 0.330 e. The Kier molecular flexibility index (Phi) is 27.7. The minimum Gasteiger partial charge on any atom is -0.460 e. The van der Waals surface area contributed by atoms with Gasteiger partial charge in [-0.15, -0.1) is 0 Å². The summed E-state index contributed by atoms with van der Waals surface area (Å²) in [5, 5.41) is 205. The van der Waals surface area contributed by atoms with Crippen LogP contribution in [0, 0.1) is 29.6 Å². The van der Waals surface area contributed by atoms with Crippen LogP contribution in [0.3, 0.4) is 0 Å². The third kappa shape index (κ3) is 19.3. The zero-order valence-corrected chi connectivity index (χ0v) is 54.4. The molecule has 37 atom stereocenters. The van der Waals surface area contributed by atoms with E-state index in [-0.39, 0.29) is 75.5 Å². The lowest BCUT2D eigenvalue weighted by atomic mass is 9.72. The highest BCUT2D eigenvalue weighted by molar-refractivity contribution is 5.82. The number of esters is 3. The van der Waals surface area contributed by atoms with Crippen molar-refractivity contribution in [2.75, 3.05) is 26.4 Å². The molecule has 0 radical (unpaired) electrons. The number of aliphatic hydroxyl groups excluding tert-OH is 19.